The van der Waals surface area contributed by atoms with E-state index in [1.165, 1.54) is 0 Å². The number of rotatable bonds is 9. The summed E-state index contributed by atoms with van der Waals surface area (Å²) >= 11 is 0. The maximum Gasteiger partial charge on any atom is 0.261 e. The molecule has 1 fully saturated rings. The summed E-state index contributed by atoms with van der Waals surface area (Å²) in [6.45, 7) is 7.15. The van der Waals surface area contributed by atoms with Gasteiger partial charge < -0.3 is 19.5 Å². The average molecular weight is 336 g/mol. The third-order valence-electron chi connectivity index (χ3n) is 4.04. The lowest BCUT2D eigenvalue weighted by Gasteiger charge is -2.26. The largest absolute Gasteiger partial charge is 0.497 e. The minimum absolute atomic E-state index is 0.0673. The number of hydrogen-bond acceptors (Lipinski definition) is 5. The van der Waals surface area contributed by atoms with Crippen molar-refractivity contribution in [1.82, 2.24) is 10.2 Å². The Bertz CT molecular complexity index is 504. The molecule has 1 heterocycles. The second-order valence-corrected chi connectivity index (χ2v) is 5.79. The van der Waals surface area contributed by atoms with Crippen LogP contribution in [0, 0.1) is 0 Å². The molecule has 1 saturated heterocycles. The molecule has 6 nitrogen and oxygen atoms in total. The molecule has 0 bridgehead atoms. The van der Waals surface area contributed by atoms with E-state index in [-0.39, 0.29) is 5.91 Å². The van der Waals surface area contributed by atoms with Gasteiger partial charge in [0.2, 0.25) is 0 Å². The third kappa shape index (κ3) is 6.02. The molecule has 0 spiro atoms. The highest BCUT2D eigenvalue weighted by molar-refractivity contribution is 5.81. The molecule has 1 N–H and O–H groups in total. The maximum atomic E-state index is 12.3. The average Bonchev–Trinajstić information content (AvgIpc) is 2.64. The predicted octanol–water partition coefficient (Wildman–Crippen LogP) is 1.69. The first-order chi connectivity index (χ1) is 11.7. The van der Waals surface area contributed by atoms with E-state index in [1.807, 2.05) is 25.1 Å². The third-order valence-corrected chi connectivity index (χ3v) is 4.04. The van der Waals surface area contributed by atoms with Gasteiger partial charge in [-0.05, 0) is 31.5 Å². The molecule has 24 heavy (non-hydrogen) atoms. The van der Waals surface area contributed by atoms with Crippen molar-refractivity contribution in [2.45, 2.75) is 25.9 Å². The van der Waals surface area contributed by atoms with Crippen molar-refractivity contribution in [1.29, 1.82) is 0 Å². The second-order valence-electron chi connectivity index (χ2n) is 5.79. The minimum Gasteiger partial charge on any atom is -0.497 e. The van der Waals surface area contributed by atoms with Crippen LogP contribution in [-0.2, 0) is 9.53 Å². The Balaban J connectivity index is 1.72. The number of amides is 1. The van der Waals surface area contributed by atoms with Gasteiger partial charge in [-0.15, -0.1) is 0 Å². The molecule has 0 aromatic heterocycles. The molecule has 0 radical (unpaired) electrons. The van der Waals surface area contributed by atoms with Crippen LogP contribution in [-0.4, -0.2) is 63.4 Å². The van der Waals surface area contributed by atoms with Crippen molar-refractivity contribution in [2.75, 3.05) is 46.5 Å². The van der Waals surface area contributed by atoms with Crippen LogP contribution in [0.2, 0.25) is 0 Å². The van der Waals surface area contributed by atoms with Crippen LogP contribution >= 0.6 is 0 Å². The molecule has 1 aromatic carbocycles. The Morgan fingerprint density at radius 2 is 2.08 bits per heavy atom. The number of carbonyl (C=O) groups is 1. The van der Waals surface area contributed by atoms with Gasteiger partial charge in [0, 0.05) is 25.7 Å². The zero-order valence-electron chi connectivity index (χ0n) is 14.6. The number of nitrogens with one attached hydrogen (secondary N) is 1. The molecule has 0 unspecified atom stereocenters. The van der Waals surface area contributed by atoms with Crippen LogP contribution in [0.1, 0.15) is 19.8 Å². The van der Waals surface area contributed by atoms with E-state index in [0.717, 1.165) is 39.3 Å². The summed E-state index contributed by atoms with van der Waals surface area (Å²) < 4.78 is 16.3. The first kappa shape index (κ1) is 18.5. The number of ether oxygens (including phenoxy) is 3. The van der Waals surface area contributed by atoms with Gasteiger partial charge in [-0.25, -0.2) is 0 Å². The molecule has 1 aromatic rings. The van der Waals surface area contributed by atoms with Crippen molar-refractivity contribution < 1.29 is 19.0 Å². The van der Waals surface area contributed by atoms with E-state index in [1.54, 1.807) is 13.2 Å². The van der Waals surface area contributed by atoms with Gasteiger partial charge in [-0.1, -0.05) is 13.0 Å². The van der Waals surface area contributed by atoms with Gasteiger partial charge in [-0.2, -0.15) is 0 Å². The number of benzene rings is 1. The molecule has 1 atom stereocenters. The van der Waals surface area contributed by atoms with E-state index >= 15 is 0 Å². The van der Waals surface area contributed by atoms with Crippen LogP contribution in [0.3, 0.4) is 0 Å². The molecular formula is C18H28N2O4. The molecule has 1 amide bonds. The van der Waals surface area contributed by atoms with Gasteiger partial charge in [0.25, 0.3) is 5.91 Å². The van der Waals surface area contributed by atoms with Crippen LogP contribution in [0.15, 0.2) is 24.3 Å². The van der Waals surface area contributed by atoms with Crippen molar-refractivity contribution in [3.8, 4) is 11.5 Å². The zero-order chi connectivity index (χ0) is 17.2. The molecule has 2 rings (SSSR count). The van der Waals surface area contributed by atoms with Crippen LogP contribution in [0.4, 0.5) is 0 Å². The van der Waals surface area contributed by atoms with E-state index in [2.05, 4.69) is 10.2 Å². The summed E-state index contributed by atoms with van der Waals surface area (Å²) in [5.74, 6) is 1.29. The van der Waals surface area contributed by atoms with Crippen molar-refractivity contribution >= 4 is 5.91 Å². The summed E-state index contributed by atoms with van der Waals surface area (Å²) in [6.07, 6.45) is 1.06. The Morgan fingerprint density at radius 3 is 2.79 bits per heavy atom. The quantitative estimate of drug-likeness (QED) is 0.696. The molecule has 1 aliphatic rings. The van der Waals surface area contributed by atoms with Crippen molar-refractivity contribution in [3.63, 3.8) is 0 Å². The number of morpholine rings is 1. The SMILES string of the molecule is CC[C@H](Oc1cccc(OC)c1)C(=O)NCCCN1CCOCC1. The molecule has 1 aliphatic heterocycles. The van der Waals surface area contributed by atoms with Crippen LogP contribution in [0.25, 0.3) is 0 Å². The Kier molecular flexibility index (Phi) is 7.85. The summed E-state index contributed by atoms with van der Waals surface area (Å²) in [5, 5.41) is 2.97. The van der Waals surface area contributed by atoms with Gasteiger partial charge >= 0.3 is 0 Å². The molecular weight excluding hydrogens is 308 g/mol. The van der Waals surface area contributed by atoms with Crippen molar-refractivity contribution in [2.24, 2.45) is 0 Å². The molecule has 6 heteroatoms. The predicted molar refractivity (Wildman–Crippen MR) is 92.6 cm³/mol. The fourth-order valence-electron chi connectivity index (χ4n) is 2.61. The molecule has 0 aliphatic carbocycles. The number of hydrogen-bond donors (Lipinski definition) is 1. The van der Waals surface area contributed by atoms with Gasteiger partial charge in [0.1, 0.15) is 11.5 Å². The lowest BCUT2D eigenvalue weighted by molar-refractivity contribution is -0.128. The standard InChI is InChI=1S/C18H28N2O4/c1-3-17(24-16-7-4-6-15(14-16)22-2)18(21)19-8-5-9-20-10-12-23-13-11-20/h4,6-7,14,17H,3,5,8-13H2,1-2H3,(H,19,21)/t17-/m0/s1. The lowest BCUT2D eigenvalue weighted by atomic mass is 10.2. The lowest BCUT2D eigenvalue weighted by Crippen LogP contribution is -2.41. The Morgan fingerprint density at radius 1 is 1.33 bits per heavy atom. The van der Waals surface area contributed by atoms with Gasteiger partial charge in [0.05, 0.1) is 20.3 Å². The van der Waals surface area contributed by atoms with E-state index in [0.29, 0.717) is 24.5 Å². The normalized spacial score (nSPS) is 16.4. The minimum atomic E-state index is -0.486. The topological polar surface area (TPSA) is 60.0 Å². The highest BCUT2D eigenvalue weighted by Crippen LogP contribution is 2.20. The number of methoxy groups -OCH3 is 1. The first-order valence-corrected chi connectivity index (χ1v) is 8.61. The monoisotopic (exact) mass is 336 g/mol. The van der Waals surface area contributed by atoms with Gasteiger partial charge in [0.15, 0.2) is 6.10 Å². The maximum absolute atomic E-state index is 12.3. The van der Waals surface area contributed by atoms with Crippen molar-refractivity contribution in [3.05, 3.63) is 24.3 Å². The fraction of sp³-hybridized carbons (Fsp3) is 0.611. The Labute approximate surface area is 144 Å². The van der Waals surface area contributed by atoms with E-state index in [9.17, 15) is 4.79 Å². The smallest absolute Gasteiger partial charge is 0.261 e. The van der Waals surface area contributed by atoms with Crippen LogP contribution < -0.4 is 14.8 Å². The summed E-state index contributed by atoms with van der Waals surface area (Å²) in [7, 11) is 1.61. The Hall–Kier alpha value is -1.79. The first-order valence-electron chi connectivity index (χ1n) is 8.61. The van der Waals surface area contributed by atoms with Gasteiger partial charge in [-0.3, -0.25) is 9.69 Å². The molecule has 134 valence electrons. The van der Waals surface area contributed by atoms with E-state index < -0.39 is 6.10 Å². The highest BCUT2D eigenvalue weighted by atomic mass is 16.5. The highest BCUT2D eigenvalue weighted by Gasteiger charge is 2.18. The fourth-order valence-corrected chi connectivity index (χ4v) is 2.61. The zero-order valence-corrected chi connectivity index (χ0v) is 14.6. The number of nitrogens with zero attached hydrogens (tertiary/aromatic N) is 1. The summed E-state index contributed by atoms with van der Waals surface area (Å²) in [4.78, 5) is 14.6. The second kappa shape index (κ2) is 10.2. The van der Waals surface area contributed by atoms with Crippen LogP contribution in [0.5, 0.6) is 11.5 Å². The number of carbonyl (C=O) groups excluding carboxylic acids is 1. The molecule has 0 saturated carbocycles. The van der Waals surface area contributed by atoms with E-state index in [4.69, 9.17) is 14.2 Å². The summed E-state index contributed by atoms with van der Waals surface area (Å²) in [5.41, 5.74) is 0. The summed E-state index contributed by atoms with van der Waals surface area (Å²) in [6, 6.07) is 7.31.